The third-order valence-electron chi connectivity index (χ3n) is 4.07. The fourth-order valence-corrected chi connectivity index (χ4v) is 4.90. The number of nitrogens with zero attached hydrogens (tertiary/aromatic N) is 1. The summed E-state index contributed by atoms with van der Waals surface area (Å²) in [5.41, 5.74) is 6.75. The zero-order chi connectivity index (χ0) is 16.5. The Kier molecular flexibility index (Phi) is 5.29. The Bertz CT molecular complexity index is 650. The molecule has 1 aromatic rings. The van der Waals surface area contributed by atoms with E-state index in [9.17, 15) is 13.2 Å². The van der Waals surface area contributed by atoms with Gasteiger partial charge in [0.15, 0.2) is 9.84 Å². The van der Waals surface area contributed by atoms with E-state index in [-0.39, 0.29) is 23.7 Å². The molecule has 1 aliphatic heterocycles. The average molecular weight is 345 g/mol. The maximum Gasteiger partial charge on any atom is 0.264 e. The van der Waals surface area contributed by atoms with Crippen LogP contribution in [0.4, 0.5) is 0 Å². The van der Waals surface area contributed by atoms with Gasteiger partial charge in [0.05, 0.1) is 10.6 Å². The molecule has 0 aromatic carbocycles. The van der Waals surface area contributed by atoms with Gasteiger partial charge in [0.1, 0.15) is 0 Å². The Labute approximate surface area is 136 Å². The Morgan fingerprint density at radius 2 is 2.18 bits per heavy atom. The summed E-state index contributed by atoms with van der Waals surface area (Å²) in [5.74, 6) is -0.0332. The van der Waals surface area contributed by atoms with Gasteiger partial charge < -0.3 is 10.6 Å². The molecule has 1 fully saturated rings. The first-order chi connectivity index (χ1) is 10.2. The van der Waals surface area contributed by atoms with Gasteiger partial charge >= 0.3 is 0 Å². The number of piperidine rings is 1. The first-order valence-electron chi connectivity index (χ1n) is 7.52. The molecule has 5 nitrogen and oxygen atoms in total. The Hall–Kier alpha value is -0.920. The Morgan fingerprint density at radius 1 is 1.50 bits per heavy atom. The van der Waals surface area contributed by atoms with E-state index in [1.165, 1.54) is 17.6 Å². The average Bonchev–Trinajstić information content (AvgIpc) is 2.77. The van der Waals surface area contributed by atoms with Crippen molar-refractivity contribution in [2.45, 2.75) is 50.9 Å². The van der Waals surface area contributed by atoms with Crippen molar-refractivity contribution in [3.8, 4) is 0 Å². The summed E-state index contributed by atoms with van der Waals surface area (Å²) in [7, 11) is -3.10. The maximum absolute atomic E-state index is 12.8. The van der Waals surface area contributed by atoms with Crippen LogP contribution in [0, 0.1) is 6.92 Å². The van der Waals surface area contributed by atoms with Crippen LogP contribution in [-0.4, -0.2) is 44.1 Å². The fourth-order valence-electron chi connectivity index (χ4n) is 2.95. The second kappa shape index (κ2) is 6.68. The summed E-state index contributed by atoms with van der Waals surface area (Å²) in [6.07, 6.45) is 4.24. The van der Waals surface area contributed by atoms with Crippen molar-refractivity contribution in [2.75, 3.05) is 12.8 Å². The second-order valence-corrected chi connectivity index (χ2v) is 9.58. The summed E-state index contributed by atoms with van der Waals surface area (Å²) in [5, 5.41) is 0. The maximum atomic E-state index is 12.8. The third kappa shape index (κ3) is 4.08. The van der Waals surface area contributed by atoms with Crippen LogP contribution >= 0.6 is 11.3 Å². The Balaban J connectivity index is 2.23. The molecule has 0 radical (unpaired) electrons. The quantitative estimate of drug-likeness (QED) is 0.905. The van der Waals surface area contributed by atoms with E-state index in [4.69, 9.17) is 5.73 Å². The number of aryl methyl sites for hydroxylation is 1. The molecular formula is C15H24N2O3S2. The van der Waals surface area contributed by atoms with Gasteiger partial charge in [-0.2, -0.15) is 0 Å². The van der Waals surface area contributed by atoms with Crippen LogP contribution in [0.25, 0.3) is 0 Å². The minimum Gasteiger partial charge on any atom is -0.333 e. The van der Waals surface area contributed by atoms with Crippen molar-refractivity contribution in [1.29, 1.82) is 0 Å². The molecule has 1 saturated heterocycles. The van der Waals surface area contributed by atoms with Gasteiger partial charge in [-0.3, -0.25) is 4.79 Å². The van der Waals surface area contributed by atoms with Gasteiger partial charge in [0.2, 0.25) is 0 Å². The number of carbonyl (C=O) groups is 1. The van der Waals surface area contributed by atoms with E-state index < -0.39 is 9.84 Å². The molecule has 22 heavy (non-hydrogen) atoms. The van der Waals surface area contributed by atoms with Gasteiger partial charge in [-0.05, 0) is 44.7 Å². The number of carbonyl (C=O) groups excluding carboxylic acids is 1. The molecule has 2 rings (SSSR count). The monoisotopic (exact) mass is 344 g/mol. The highest BCUT2D eigenvalue weighted by atomic mass is 32.2. The van der Waals surface area contributed by atoms with Crippen molar-refractivity contribution in [3.63, 3.8) is 0 Å². The molecule has 0 unspecified atom stereocenters. The summed E-state index contributed by atoms with van der Waals surface area (Å²) in [6, 6.07) is 1.75. The Morgan fingerprint density at radius 3 is 2.77 bits per heavy atom. The van der Waals surface area contributed by atoms with Gasteiger partial charge in [-0.15, -0.1) is 11.3 Å². The SMILES string of the molecule is Cc1sc(C(=O)N2CCCC[C@H]2[C@H](C)N)cc1CS(C)(=O)=O. The molecule has 2 heterocycles. The first kappa shape index (κ1) is 17.4. The first-order valence-corrected chi connectivity index (χ1v) is 10.4. The molecule has 0 aliphatic carbocycles. The van der Waals surface area contributed by atoms with E-state index in [1.54, 1.807) is 6.07 Å². The predicted octanol–water partition coefficient (Wildman–Crippen LogP) is 1.94. The number of thiophene rings is 1. The zero-order valence-electron chi connectivity index (χ0n) is 13.3. The van der Waals surface area contributed by atoms with Crippen molar-refractivity contribution >= 4 is 27.1 Å². The van der Waals surface area contributed by atoms with E-state index in [0.29, 0.717) is 4.88 Å². The largest absolute Gasteiger partial charge is 0.333 e. The highest BCUT2D eigenvalue weighted by Crippen LogP contribution is 2.28. The number of hydrogen-bond donors (Lipinski definition) is 1. The number of hydrogen-bond acceptors (Lipinski definition) is 5. The van der Waals surface area contributed by atoms with Crippen LogP contribution < -0.4 is 5.73 Å². The molecule has 0 saturated carbocycles. The molecule has 7 heteroatoms. The minimum atomic E-state index is -3.10. The van der Waals surface area contributed by atoms with Crippen LogP contribution in [0.2, 0.25) is 0 Å². The van der Waals surface area contributed by atoms with Crippen LogP contribution in [0.3, 0.4) is 0 Å². The lowest BCUT2D eigenvalue weighted by Crippen LogP contribution is -2.51. The van der Waals surface area contributed by atoms with Crippen molar-refractivity contribution in [2.24, 2.45) is 5.73 Å². The van der Waals surface area contributed by atoms with Gasteiger partial charge in [-0.1, -0.05) is 0 Å². The van der Waals surface area contributed by atoms with Crippen molar-refractivity contribution in [3.05, 3.63) is 21.4 Å². The van der Waals surface area contributed by atoms with E-state index >= 15 is 0 Å². The van der Waals surface area contributed by atoms with Crippen LogP contribution in [0.15, 0.2) is 6.07 Å². The molecule has 1 amide bonds. The summed E-state index contributed by atoms with van der Waals surface area (Å²) >= 11 is 1.37. The molecule has 1 aromatic heterocycles. The number of amides is 1. The van der Waals surface area contributed by atoms with Gasteiger partial charge in [0.25, 0.3) is 5.91 Å². The molecule has 0 spiro atoms. The standard InChI is InChI=1S/C15H24N2O3S2/c1-10(16)13-6-4-5-7-17(13)15(18)14-8-12(11(2)21-14)9-22(3,19)20/h8,10,13H,4-7,9,16H2,1-3H3/t10-,13-/m0/s1. The summed E-state index contributed by atoms with van der Waals surface area (Å²) in [6.45, 7) is 4.52. The minimum absolute atomic E-state index is 0.0146. The highest BCUT2D eigenvalue weighted by Gasteiger charge is 2.31. The smallest absolute Gasteiger partial charge is 0.264 e. The number of likely N-dealkylation sites (tertiary alicyclic amines) is 1. The van der Waals surface area contributed by atoms with E-state index in [0.717, 1.165) is 36.2 Å². The molecule has 2 atom stereocenters. The van der Waals surface area contributed by atoms with Crippen LogP contribution in [-0.2, 0) is 15.6 Å². The van der Waals surface area contributed by atoms with Gasteiger partial charge in [-0.25, -0.2) is 8.42 Å². The molecule has 0 bridgehead atoms. The summed E-state index contributed by atoms with van der Waals surface area (Å²) in [4.78, 5) is 16.1. The number of sulfone groups is 1. The molecule has 2 N–H and O–H groups in total. The van der Waals surface area contributed by atoms with E-state index in [2.05, 4.69) is 0 Å². The summed E-state index contributed by atoms with van der Waals surface area (Å²) < 4.78 is 22.9. The fraction of sp³-hybridized carbons (Fsp3) is 0.667. The molecular weight excluding hydrogens is 320 g/mol. The van der Waals surface area contributed by atoms with E-state index in [1.807, 2.05) is 18.7 Å². The topological polar surface area (TPSA) is 80.5 Å². The lowest BCUT2D eigenvalue weighted by molar-refractivity contribution is 0.0589. The number of rotatable bonds is 4. The van der Waals surface area contributed by atoms with Crippen molar-refractivity contribution in [1.82, 2.24) is 4.90 Å². The highest BCUT2D eigenvalue weighted by molar-refractivity contribution is 7.89. The molecule has 1 aliphatic rings. The lowest BCUT2D eigenvalue weighted by atomic mass is 9.97. The van der Waals surface area contributed by atoms with Crippen molar-refractivity contribution < 1.29 is 13.2 Å². The van der Waals surface area contributed by atoms with Gasteiger partial charge in [0, 0.05) is 29.8 Å². The van der Waals surface area contributed by atoms with Crippen LogP contribution in [0.5, 0.6) is 0 Å². The van der Waals surface area contributed by atoms with Crippen LogP contribution in [0.1, 0.15) is 46.3 Å². The third-order valence-corrected chi connectivity index (χ3v) is 5.98. The predicted molar refractivity (Wildman–Crippen MR) is 89.9 cm³/mol. The normalized spacial score (nSPS) is 20.9. The molecule has 124 valence electrons. The number of nitrogens with two attached hydrogens (primary N) is 1. The second-order valence-electron chi connectivity index (χ2n) is 6.18. The zero-order valence-corrected chi connectivity index (χ0v) is 15.0. The lowest BCUT2D eigenvalue weighted by Gasteiger charge is -2.37.